The number of rotatable bonds is 1. The Morgan fingerprint density at radius 1 is 1.36 bits per heavy atom. The molecule has 14 heavy (non-hydrogen) atoms. The highest BCUT2D eigenvalue weighted by Crippen LogP contribution is 2.32. The standard InChI is InChI=1S/C7H4BrF3O2S/c8-5-2-1-4(7(9,10)11)3-6(5)14(12)13/h1-3H,(H,12,13). The van der Waals surface area contributed by atoms with Crippen LogP contribution in [0.4, 0.5) is 13.2 Å². The summed E-state index contributed by atoms with van der Waals surface area (Å²) in [5.41, 5.74) is -0.946. The first-order valence-corrected chi connectivity index (χ1v) is 5.20. The lowest BCUT2D eigenvalue weighted by atomic mass is 10.2. The van der Waals surface area contributed by atoms with Gasteiger partial charge >= 0.3 is 6.18 Å². The molecular formula is C7H4BrF3O2S. The summed E-state index contributed by atoms with van der Waals surface area (Å²) >= 11 is 0.445. The average Bonchev–Trinajstić information content (AvgIpc) is 2.02. The molecule has 2 nitrogen and oxygen atoms in total. The van der Waals surface area contributed by atoms with Crippen molar-refractivity contribution in [2.45, 2.75) is 11.1 Å². The largest absolute Gasteiger partial charge is 0.416 e. The Morgan fingerprint density at radius 2 is 1.93 bits per heavy atom. The predicted molar refractivity (Wildman–Crippen MR) is 48.2 cm³/mol. The molecule has 0 radical (unpaired) electrons. The summed E-state index contributed by atoms with van der Waals surface area (Å²) in [4.78, 5) is -0.292. The van der Waals surface area contributed by atoms with E-state index in [2.05, 4.69) is 15.9 Å². The quantitative estimate of drug-likeness (QED) is 0.807. The van der Waals surface area contributed by atoms with Gasteiger partial charge in [-0.3, -0.25) is 0 Å². The lowest BCUT2D eigenvalue weighted by Crippen LogP contribution is -2.06. The van der Waals surface area contributed by atoms with E-state index in [1.54, 1.807) is 0 Å². The van der Waals surface area contributed by atoms with E-state index < -0.39 is 22.8 Å². The normalized spacial score (nSPS) is 14.1. The fourth-order valence-corrected chi connectivity index (χ4v) is 1.94. The Morgan fingerprint density at radius 3 is 2.36 bits per heavy atom. The minimum Gasteiger partial charge on any atom is -0.302 e. The van der Waals surface area contributed by atoms with Crippen LogP contribution in [0.2, 0.25) is 0 Å². The van der Waals surface area contributed by atoms with Gasteiger partial charge in [0.2, 0.25) is 0 Å². The summed E-state index contributed by atoms with van der Waals surface area (Å²) in [5, 5.41) is 0. The van der Waals surface area contributed by atoms with E-state index >= 15 is 0 Å². The molecule has 0 aliphatic carbocycles. The average molecular weight is 289 g/mol. The molecule has 1 N–H and O–H groups in total. The third-order valence-corrected chi connectivity index (χ3v) is 3.11. The summed E-state index contributed by atoms with van der Waals surface area (Å²) in [6.07, 6.45) is -4.51. The van der Waals surface area contributed by atoms with Crippen molar-refractivity contribution in [1.82, 2.24) is 0 Å². The molecule has 0 heterocycles. The van der Waals surface area contributed by atoms with Crippen molar-refractivity contribution in [3.8, 4) is 0 Å². The maximum atomic E-state index is 12.2. The SMILES string of the molecule is O=S(O)c1cc(C(F)(F)F)ccc1Br. The Labute approximate surface area is 88.5 Å². The van der Waals surface area contributed by atoms with E-state index in [1.165, 1.54) is 0 Å². The van der Waals surface area contributed by atoms with E-state index in [9.17, 15) is 17.4 Å². The van der Waals surface area contributed by atoms with Gasteiger partial charge in [-0.25, -0.2) is 4.21 Å². The molecule has 1 aromatic carbocycles. The summed E-state index contributed by atoms with van der Waals surface area (Å²) in [6, 6.07) is 2.56. The molecule has 1 aromatic rings. The Hall–Kier alpha value is -0.400. The molecule has 1 unspecified atom stereocenters. The first-order chi connectivity index (χ1) is 6.32. The van der Waals surface area contributed by atoms with Crippen LogP contribution in [0.3, 0.4) is 0 Å². The zero-order chi connectivity index (χ0) is 10.9. The molecule has 0 bridgehead atoms. The van der Waals surface area contributed by atoms with Gasteiger partial charge in [0.1, 0.15) is 0 Å². The number of alkyl halides is 3. The molecule has 0 aromatic heterocycles. The molecule has 0 spiro atoms. The molecule has 0 saturated carbocycles. The highest BCUT2D eigenvalue weighted by atomic mass is 79.9. The first-order valence-electron chi connectivity index (χ1n) is 3.30. The summed E-state index contributed by atoms with van der Waals surface area (Å²) in [7, 11) is 0. The van der Waals surface area contributed by atoms with Crippen LogP contribution in [0.15, 0.2) is 27.6 Å². The van der Waals surface area contributed by atoms with Crippen molar-refractivity contribution >= 4 is 27.0 Å². The van der Waals surface area contributed by atoms with Crippen LogP contribution in [-0.2, 0) is 17.3 Å². The third kappa shape index (κ3) is 2.55. The van der Waals surface area contributed by atoms with Crippen molar-refractivity contribution in [3.05, 3.63) is 28.2 Å². The van der Waals surface area contributed by atoms with Crippen molar-refractivity contribution in [3.63, 3.8) is 0 Å². The number of hydrogen-bond donors (Lipinski definition) is 1. The zero-order valence-electron chi connectivity index (χ0n) is 6.51. The second kappa shape index (κ2) is 4.00. The van der Waals surface area contributed by atoms with Crippen molar-refractivity contribution in [2.75, 3.05) is 0 Å². The van der Waals surface area contributed by atoms with E-state index in [0.717, 1.165) is 12.1 Å². The van der Waals surface area contributed by atoms with Gasteiger partial charge in [0, 0.05) is 4.47 Å². The predicted octanol–water partition coefficient (Wildman–Crippen LogP) is 3.05. The molecule has 0 amide bonds. The fourth-order valence-electron chi connectivity index (χ4n) is 0.814. The molecule has 0 fully saturated rings. The van der Waals surface area contributed by atoms with Crippen LogP contribution in [0.25, 0.3) is 0 Å². The molecule has 1 rings (SSSR count). The van der Waals surface area contributed by atoms with Gasteiger partial charge in [0.05, 0.1) is 10.5 Å². The first kappa shape index (κ1) is 11.7. The Bertz CT molecular complexity index is 378. The number of hydrogen-bond acceptors (Lipinski definition) is 1. The van der Waals surface area contributed by atoms with Crippen LogP contribution >= 0.6 is 15.9 Å². The monoisotopic (exact) mass is 288 g/mol. The van der Waals surface area contributed by atoms with Crippen molar-refractivity contribution in [2.24, 2.45) is 0 Å². The van der Waals surface area contributed by atoms with Gasteiger partial charge in [-0.2, -0.15) is 13.2 Å². The number of halogens is 4. The lowest BCUT2D eigenvalue weighted by Gasteiger charge is -2.08. The van der Waals surface area contributed by atoms with Crippen molar-refractivity contribution < 1.29 is 21.9 Å². The van der Waals surface area contributed by atoms with Crippen LogP contribution in [0, 0.1) is 0 Å². The molecule has 0 aliphatic rings. The summed E-state index contributed by atoms with van der Waals surface area (Å²) in [5.74, 6) is 0. The van der Waals surface area contributed by atoms with Gasteiger partial charge < -0.3 is 4.55 Å². The lowest BCUT2D eigenvalue weighted by molar-refractivity contribution is -0.137. The minimum absolute atomic E-state index is 0.173. The second-order valence-corrected chi connectivity index (χ2v) is 4.18. The molecule has 0 saturated heterocycles. The molecule has 7 heteroatoms. The zero-order valence-corrected chi connectivity index (χ0v) is 8.91. The van der Waals surface area contributed by atoms with Gasteiger partial charge in [0.15, 0.2) is 11.1 Å². The van der Waals surface area contributed by atoms with Gasteiger partial charge in [-0.1, -0.05) is 0 Å². The molecule has 0 aliphatic heterocycles. The fraction of sp³-hybridized carbons (Fsp3) is 0.143. The second-order valence-electron chi connectivity index (χ2n) is 2.39. The maximum absolute atomic E-state index is 12.2. The van der Waals surface area contributed by atoms with E-state index in [-0.39, 0.29) is 9.37 Å². The van der Waals surface area contributed by atoms with E-state index in [4.69, 9.17) is 4.55 Å². The number of benzene rings is 1. The smallest absolute Gasteiger partial charge is 0.302 e. The Kier molecular flexibility index (Phi) is 3.33. The molecule has 1 atom stereocenters. The Balaban J connectivity index is 3.27. The summed E-state index contributed by atoms with van der Waals surface area (Å²) in [6.45, 7) is 0. The summed E-state index contributed by atoms with van der Waals surface area (Å²) < 4.78 is 56.0. The highest BCUT2D eigenvalue weighted by Gasteiger charge is 2.31. The van der Waals surface area contributed by atoms with Crippen LogP contribution < -0.4 is 0 Å². The topological polar surface area (TPSA) is 37.3 Å². The van der Waals surface area contributed by atoms with Crippen LogP contribution in [0.5, 0.6) is 0 Å². The minimum atomic E-state index is -4.51. The third-order valence-electron chi connectivity index (χ3n) is 1.45. The molecular weight excluding hydrogens is 285 g/mol. The maximum Gasteiger partial charge on any atom is 0.416 e. The van der Waals surface area contributed by atoms with Crippen LogP contribution in [-0.4, -0.2) is 8.76 Å². The van der Waals surface area contributed by atoms with Gasteiger partial charge in [-0.05, 0) is 34.1 Å². The van der Waals surface area contributed by atoms with E-state index in [1.807, 2.05) is 0 Å². The molecule has 78 valence electrons. The van der Waals surface area contributed by atoms with Crippen LogP contribution in [0.1, 0.15) is 5.56 Å². The van der Waals surface area contributed by atoms with E-state index in [0.29, 0.717) is 6.07 Å². The highest BCUT2D eigenvalue weighted by molar-refractivity contribution is 9.10. The van der Waals surface area contributed by atoms with Gasteiger partial charge in [0.25, 0.3) is 0 Å². The van der Waals surface area contributed by atoms with Crippen molar-refractivity contribution in [1.29, 1.82) is 0 Å². The van der Waals surface area contributed by atoms with Gasteiger partial charge in [-0.15, -0.1) is 0 Å².